The summed E-state index contributed by atoms with van der Waals surface area (Å²) < 4.78 is 16.7. The maximum Gasteiger partial charge on any atom is 0.338 e. The molecular formula is C27H29N3O5S. The molecule has 4 rings (SSSR count). The normalized spacial score (nSPS) is 16.4. The Morgan fingerprint density at radius 3 is 2.64 bits per heavy atom. The van der Waals surface area contributed by atoms with E-state index < -0.39 is 12.0 Å². The highest BCUT2D eigenvalue weighted by Crippen LogP contribution is 2.43. The second-order valence-electron chi connectivity index (χ2n) is 8.39. The minimum Gasteiger partial charge on any atom is -0.493 e. The van der Waals surface area contributed by atoms with Crippen LogP contribution in [0.15, 0.2) is 64.3 Å². The van der Waals surface area contributed by atoms with Gasteiger partial charge in [-0.1, -0.05) is 35.5 Å². The van der Waals surface area contributed by atoms with E-state index >= 15 is 0 Å². The van der Waals surface area contributed by atoms with Gasteiger partial charge in [0.05, 0.1) is 31.0 Å². The lowest BCUT2D eigenvalue weighted by Gasteiger charge is -2.33. The SMILES string of the molecule is CCOC(=O)C1=C(C)N=C2SC=CN2[C@H]1c1ccc(OCC(=O)Nc2ccc(C)cc2C)c(OC)c1. The number of hydrogen-bond acceptors (Lipinski definition) is 8. The van der Waals surface area contributed by atoms with Crippen LogP contribution in [-0.4, -0.2) is 42.3 Å². The number of aryl methyl sites for hydroxylation is 2. The van der Waals surface area contributed by atoms with Crippen LogP contribution in [0, 0.1) is 13.8 Å². The summed E-state index contributed by atoms with van der Waals surface area (Å²) in [5.41, 5.74) is 4.74. The number of anilines is 1. The average Bonchev–Trinajstić information content (AvgIpc) is 3.31. The summed E-state index contributed by atoms with van der Waals surface area (Å²) in [6.45, 7) is 7.63. The Morgan fingerprint density at radius 1 is 1.11 bits per heavy atom. The number of hydrogen-bond donors (Lipinski definition) is 1. The minimum absolute atomic E-state index is 0.179. The number of nitrogens with zero attached hydrogens (tertiary/aromatic N) is 2. The maximum absolute atomic E-state index is 12.9. The number of amidine groups is 1. The first-order valence-electron chi connectivity index (χ1n) is 11.6. The van der Waals surface area contributed by atoms with Gasteiger partial charge >= 0.3 is 5.97 Å². The van der Waals surface area contributed by atoms with E-state index in [1.165, 1.54) is 18.9 Å². The molecule has 2 heterocycles. The fourth-order valence-corrected chi connectivity index (χ4v) is 4.95. The van der Waals surface area contributed by atoms with Crippen molar-refractivity contribution in [3.05, 3.63) is 76.0 Å². The predicted molar refractivity (Wildman–Crippen MR) is 141 cm³/mol. The van der Waals surface area contributed by atoms with Crippen LogP contribution in [0.3, 0.4) is 0 Å². The topological polar surface area (TPSA) is 89.5 Å². The molecule has 0 bridgehead atoms. The van der Waals surface area contributed by atoms with Gasteiger partial charge in [-0.05, 0) is 62.4 Å². The summed E-state index contributed by atoms with van der Waals surface area (Å²) in [4.78, 5) is 31.9. The fourth-order valence-electron chi connectivity index (χ4n) is 4.16. The van der Waals surface area contributed by atoms with E-state index in [9.17, 15) is 9.59 Å². The van der Waals surface area contributed by atoms with Gasteiger partial charge in [0.25, 0.3) is 5.91 Å². The van der Waals surface area contributed by atoms with Gasteiger partial charge in [0.15, 0.2) is 23.3 Å². The highest BCUT2D eigenvalue weighted by Gasteiger charge is 2.37. The molecule has 8 nitrogen and oxygen atoms in total. The molecule has 1 atom stereocenters. The van der Waals surface area contributed by atoms with Crippen molar-refractivity contribution in [3.8, 4) is 11.5 Å². The second kappa shape index (κ2) is 10.9. The molecule has 2 aliphatic heterocycles. The van der Waals surface area contributed by atoms with Crippen molar-refractivity contribution in [2.45, 2.75) is 33.7 Å². The lowest BCUT2D eigenvalue weighted by atomic mass is 9.94. The number of rotatable bonds is 8. The van der Waals surface area contributed by atoms with Crippen LogP contribution in [0.5, 0.6) is 11.5 Å². The number of allylic oxidation sites excluding steroid dienone is 1. The van der Waals surface area contributed by atoms with Gasteiger partial charge in [0.2, 0.25) is 0 Å². The number of benzene rings is 2. The molecule has 2 aromatic rings. The second-order valence-corrected chi connectivity index (χ2v) is 9.27. The molecule has 188 valence electrons. The van der Waals surface area contributed by atoms with E-state index in [4.69, 9.17) is 14.2 Å². The highest BCUT2D eigenvalue weighted by molar-refractivity contribution is 8.16. The summed E-state index contributed by atoms with van der Waals surface area (Å²) in [6.07, 6.45) is 1.90. The third-order valence-electron chi connectivity index (χ3n) is 5.83. The van der Waals surface area contributed by atoms with E-state index in [2.05, 4.69) is 10.3 Å². The number of esters is 1. The molecule has 0 fully saturated rings. The van der Waals surface area contributed by atoms with Crippen molar-refractivity contribution in [1.29, 1.82) is 0 Å². The van der Waals surface area contributed by atoms with Gasteiger partial charge < -0.3 is 24.4 Å². The van der Waals surface area contributed by atoms with Gasteiger partial charge in [-0.3, -0.25) is 4.79 Å². The highest BCUT2D eigenvalue weighted by atomic mass is 32.2. The first-order chi connectivity index (χ1) is 17.3. The van der Waals surface area contributed by atoms with E-state index in [1.54, 1.807) is 13.0 Å². The number of amides is 1. The molecule has 0 saturated carbocycles. The molecule has 0 aliphatic carbocycles. The van der Waals surface area contributed by atoms with Crippen molar-refractivity contribution in [2.24, 2.45) is 4.99 Å². The number of aliphatic imine (C=N–C) groups is 1. The molecule has 2 aliphatic rings. The Hall–Kier alpha value is -3.72. The fraction of sp³-hybridized carbons (Fsp3) is 0.296. The van der Waals surface area contributed by atoms with Crippen molar-refractivity contribution < 1.29 is 23.8 Å². The first kappa shape index (κ1) is 25.4. The van der Waals surface area contributed by atoms with Crippen LogP contribution >= 0.6 is 11.8 Å². The zero-order chi connectivity index (χ0) is 25.8. The van der Waals surface area contributed by atoms with Crippen LogP contribution < -0.4 is 14.8 Å². The Kier molecular flexibility index (Phi) is 7.69. The Bertz CT molecular complexity index is 1280. The van der Waals surface area contributed by atoms with E-state index in [1.807, 2.05) is 67.6 Å². The molecule has 2 aromatic carbocycles. The summed E-state index contributed by atoms with van der Waals surface area (Å²) in [5, 5.41) is 5.59. The number of nitrogens with one attached hydrogen (secondary N) is 1. The number of ether oxygens (including phenoxy) is 3. The molecule has 36 heavy (non-hydrogen) atoms. The van der Waals surface area contributed by atoms with E-state index in [0.717, 1.165) is 27.5 Å². The van der Waals surface area contributed by atoms with Crippen LogP contribution in [0.1, 0.15) is 36.6 Å². The molecule has 0 aromatic heterocycles. The molecular weight excluding hydrogens is 478 g/mol. The summed E-state index contributed by atoms with van der Waals surface area (Å²) in [6, 6.07) is 10.8. The van der Waals surface area contributed by atoms with Gasteiger partial charge in [0.1, 0.15) is 0 Å². The van der Waals surface area contributed by atoms with Crippen LogP contribution in [0.25, 0.3) is 0 Å². The molecule has 0 spiro atoms. The molecule has 0 saturated heterocycles. The lowest BCUT2D eigenvalue weighted by Crippen LogP contribution is -2.34. The van der Waals surface area contributed by atoms with Crippen molar-refractivity contribution in [1.82, 2.24) is 4.90 Å². The van der Waals surface area contributed by atoms with Crippen LogP contribution in [0.4, 0.5) is 5.69 Å². The minimum atomic E-state index is -0.432. The Labute approximate surface area is 215 Å². The van der Waals surface area contributed by atoms with Crippen molar-refractivity contribution in [2.75, 3.05) is 25.6 Å². The van der Waals surface area contributed by atoms with Gasteiger partial charge in [-0.25, -0.2) is 9.79 Å². The number of carbonyl (C=O) groups is 2. The first-order valence-corrected chi connectivity index (χ1v) is 12.5. The van der Waals surface area contributed by atoms with Crippen molar-refractivity contribution in [3.63, 3.8) is 0 Å². The standard InChI is InChI=1S/C27H29N3O5S/c1-6-34-26(32)24-18(4)28-27-30(11-12-36-27)25(24)19-8-10-21(22(14-19)33-5)35-15-23(31)29-20-9-7-16(2)13-17(20)3/h7-14,25H,6,15H2,1-5H3,(H,29,31)/t25-/m0/s1. The zero-order valence-corrected chi connectivity index (χ0v) is 21.8. The van der Waals surface area contributed by atoms with E-state index in [0.29, 0.717) is 22.8 Å². The number of carbonyl (C=O) groups excluding carboxylic acids is 2. The Balaban J connectivity index is 1.55. The molecule has 9 heteroatoms. The molecule has 0 unspecified atom stereocenters. The van der Waals surface area contributed by atoms with Gasteiger partial charge in [-0.15, -0.1) is 0 Å². The van der Waals surface area contributed by atoms with Crippen molar-refractivity contribution >= 4 is 34.5 Å². The van der Waals surface area contributed by atoms with Gasteiger partial charge in [-0.2, -0.15) is 0 Å². The lowest BCUT2D eigenvalue weighted by molar-refractivity contribution is -0.139. The third kappa shape index (κ3) is 5.26. The quantitative estimate of drug-likeness (QED) is 0.498. The van der Waals surface area contributed by atoms with E-state index in [-0.39, 0.29) is 19.1 Å². The summed E-state index contributed by atoms with van der Waals surface area (Å²) in [7, 11) is 1.54. The largest absolute Gasteiger partial charge is 0.493 e. The number of thioether (sulfide) groups is 1. The van der Waals surface area contributed by atoms with Gasteiger partial charge in [0, 0.05) is 11.9 Å². The van der Waals surface area contributed by atoms with Crippen LogP contribution in [-0.2, 0) is 14.3 Å². The van der Waals surface area contributed by atoms with Crippen LogP contribution in [0.2, 0.25) is 0 Å². The zero-order valence-electron chi connectivity index (χ0n) is 21.0. The predicted octanol–water partition coefficient (Wildman–Crippen LogP) is 5.10. The third-order valence-corrected chi connectivity index (χ3v) is 6.60. The molecule has 1 N–H and O–H groups in total. The number of fused-ring (bicyclic) bond motifs is 1. The maximum atomic E-state index is 12.9. The smallest absolute Gasteiger partial charge is 0.338 e. The summed E-state index contributed by atoms with van der Waals surface area (Å²) >= 11 is 1.49. The molecule has 1 amide bonds. The number of methoxy groups -OCH3 is 1. The summed E-state index contributed by atoms with van der Waals surface area (Å²) in [5.74, 6) is 0.193. The monoisotopic (exact) mass is 507 g/mol. The average molecular weight is 508 g/mol. The Morgan fingerprint density at radius 2 is 1.92 bits per heavy atom. The molecule has 0 radical (unpaired) electrons.